The van der Waals surface area contributed by atoms with E-state index in [9.17, 15) is 5.11 Å². The van der Waals surface area contributed by atoms with Gasteiger partial charge in [0, 0.05) is 0 Å². The number of halogens is 1. The van der Waals surface area contributed by atoms with Crippen molar-refractivity contribution in [2.75, 3.05) is 0 Å². The predicted molar refractivity (Wildman–Crippen MR) is 92.4 cm³/mol. The molecule has 0 amide bonds. The first kappa shape index (κ1) is 18.7. The second-order valence-electron chi connectivity index (χ2n) is 5.42. The number of nitrogens with zero attached hydrogens (tertiary/aromatic N) is 1. The molecule has 0 fully saturated rings. The lowest BCUT2D eigenvalue weighted by atomic mass is 10.1. The van der Waals surface area contributed by atoms with E-state index in [2.05, 4.69) is 22.3 Å². The second kappa shape index (κ2) is 9.59. The molecule has 0 spiro atoms. The Morgan fingerprint density at radius 2 is 1.52 bits per heavy atom. The van der Waals surface area contributed by atoms with Gasteiger partial charge >= 0.3 is 0 Å². The number of rotatable bonds is 6. The number of pyridine rings is 1. The number of hydrogen-bond acceptors (Lipinski definition) is 3. The van der Waals surface area contributed by atoms with Gasteiger partial charge in [0.1, 0.15) is 11.4 Å². The summed E-state index contributed by atoms with van der Waals surface area (Å²) in [6, 6.07) is 23.4. The molecule has 2 N–H and O–H groups in total. The zero-order chi connectivity index (χ0) is 16.6. The van der Waals surface area contributed by atoms with Crippen LogP contribution in [0.15, 0.2) is 79.0 Å². The fourth-order valence-electron chi connectivity index (χ4n) is 2.32. The lowest BCUT2D eigenvalue weighted by Crippen LogP contribution is -3.00. The molecule has 0 aliphatic carbocycles. The van der Waals surface area contributed by atoms with Crippen LogP contribution in [-0.4, -0.2) is 15.8 Å². The van der Waals surface area contributed by atoms with E-state index in [4.69, 9.17) is 4.84 Å². The second-order valence-corrected chi connectivity index (χ2v) is 5.42. The van der Waals surface area contributed by atoms with Gasteiger partial charge in [-0.3, -0.25) is 4.84 Å². The number of benzene rings is 2. The highest BCUT2D eigenvalue weighted by atomic mass is 79.9. The van der Waals surface area contributed by atoms with Crippen molar-refractivity contribution in [3.05, 3.63) is 95.8 Å². The summed E-state index contributed by atoms with van der Waals surface area (Å²) in [5.74, 6) is 0.142. The van der Waals surface area contributed by atoms with Crippen molar-refractivity contribution in [2.45, 2.75) is 13.0 Å². The molecule has 3 aromatic rings. The van der Waals surface area contributed by atoms with Crippen LogP contribution in [0.4, 0.5) is 0 Å². The van der Waals surface area contributed by atoms with Crippen LogP contribution in [0.2, 0.25) is 0 Å². The van der Waals surface area contributed by atoms with Crippen molar-refractivity contribution >= 4 is 5.71 Å². The van der Waals surface area contributed by atoms with Crippen LogP contribution in [0.5, 0.6) is 5.75 Å². The maximum atomic E-state index is 9.43. The standard InChI is InChI=1S/C20H18N2O2.BrH/c23-18-11-12-19(21-14-18)20(13-16-7-3-1-4-8-16)22-24-15-17-9-5-2-6-10-17;/h1-12,14,23H,13,15H2;1H. The third kappa shape index (κ3) is 5.72. The Morgan fingerprint density at radius 3 is 2.12 bits per heavy atom. The molecular formula is C20H19BrN2O2. The Balaban J connectivity index is 0.00000225. The van der Waals surface area contributed by atoms with E-state index in [-0.39, 0.29) is 22.7 Å². The van der Waals surface area contributed by atoms with Gasteiger partial charge in [0.25, 0.3) is 5.71 Å². The lowest BCUT2D eigenvalue weighted by molar-refractivity contribution is -0.759. The summed E-state index contributed by atoms with van der Waals surface area (Å²) >= 11 is 0. The third-order valence-electron chi connectivity index (χ3n) is 3.56. The molecule has 25 heavy (non-hydrogen) atoms. The first-order valence-corrected chi connectivity index (χ1v) is 7.78. The van der Waals surface area contributed by atoms with Gasteiger partial charge in [0.05, 0.1) is 12.6 Å². The maximum absolute atomic E-state index is 9.43. The van der Waals surface area contributed by atoms with Crippen LogP contribution in [-0.2, 0) is 17.9 Å². The Hall–Kier alpha value is -2.66. The van der Waals surface area contributed by atoms with Crippen molar-refractivity contribution in [2.24, 2.45) is 0 Å². The average Bonchev–Trinajstić information content (AvgIpc) is 2.63. The molecule has 1 heterocycles. The topological polar surface area (TPSA) is 56.3 Å². The van der Waals surface area contributed by atoms with Crippen LogP contribution in [0.1, 0.15) is 16.8 Å². The van der Waals surface area contributed by atoms with Gasteiger partial charge < -0.3 is 22.1 Å². The van der Waals surface area contributed by atoms with Crippen molar-refractivity contribution in [3.63, 3.8) is 0 Å². The molecule has 3 rings (SSSR count). The Kier molecular flexibility index (Phi) is 7.16. The van der Waals surface area contributed by atoms with Crippen molar-refractivity contribution in [3.8, 4) is 5.75 Å². The largest absolute Gasteiger partial charge is 1.00 e. The van der Waals surface area contributed by atoms with Gasteiger partial charge in [-0.25, -0.2) is 4.98 Å². The number of hydrogen-bond donors (Lipinski definition) is 2. The minimum Gasteiger partial charge on any atom is -1.00 e. The summed E-state index contributed by atoms with van der Waals surface area (Å²) in [4.78, 5) is 9.92. The van der Waals surface area contributed by atoms with Gasteiger partial charge in [0.2, 0.25) is 0 Å². The highest BCUT2D eigenvalue weighted by Crippen LogP contribution is 2.08. The Labute approximate surface area is 157 Å². The van der Waals surface area contributed by atoms with Gasteiger partial charge in [-0.2, -0.15) is 0 Å². The third-order valence-corrected chi connectivity index (χ3v) is 3.56. The number of aromatic hydroxyl groups is 1. The van der Waals surface area contributed by atoms with E-state index in [0.29, 0.717) is 13.0 Å². The summed E-state index contributed by atoms with van der Waals surface area (Å²) in [6.45, 7) is 0.456. The zero-order valence-corrected chi connectivity index (χ0v) is 15.2. The normalized spacial score (nSPS) is 10.8. The van der Waals surface area contributed by atoms with E-state index < -0.39 is 0 Å². The molecular weight excluding hydrogens is 380 g/mol. The first-order valence-electron chi connectivity index (χ1n) is 7.78. The maximum Gasteiger partial charge on any atom is 0.254 e. The molecule has 0 unspecified atom stereocenters. The molecule has 1 aromatic heterocycles. The van der Waals surface area contributed by atoms with Crippen molar-refractivity contribution in [1.29, 1.82) is 0 Å². The van der Waals surface area contributed by atoms with Gasteiger partial charge in [-0.15, -0.1) is 0 Å². The molecule has 5 heteroatoms. The smallest absolute Gasteiger partial charge is 0.254 e. The zero-order valence-electron chi connectivity index (χ0n) is 13.6. The van der Waals surface area contributed by atoms with Crippen LogP contribution in [0, 0.1) is 0 Å². The Bertz CT molecular complexity index is 791. The molecule has 0 aliphatic heterocycles. The fourth-order valence-corrected chi connectivity index (χ4v) is 2.32. The molecule has 0 atom stereocenters. The summed E-state index contributed by atoms with van der Waals surface area (Å²) < 4.78 is 0. The molecule has 0 aliphatic rings. The summed E-state index contributed by atoms with van der Waals surface area (Å²) in [7, 11) is 0. The minimum absolute atomic E-state index is 0. The van der Waals surface area contributed by atoms with E-state index in [0.717, 1.165) is 22.5 Å². The molecule has 2 aromatic carbocycles. The van der Waals surface area contributed by atoms with Gasteiger partial charge in [-0.05, 0) is 28.4 Å². The highest BCUT2D eigenvalue weighted by Gasteiger charge is 2.14. The molecule has 0 saturated heterocycles. The molecule has 128 valence electrons. The Morgan fingerprint density at radius 1 is 0.880 bits per heavy atom. The highest BCUT2D eigenvalue weighted by molar-refractivity contribution is 5.95. The van der Waals surface area contributed by atoms with Crippen LogP contribution in [0.25, 0.3) is 0 Å². The fraction of sp³-hybridized carbons (Fsp3) is 0.100. The summed E-state index contributed by atoms with van der Waals surface area (Å²) in [5.41, 5.74) is 3.82. The van der Waals surface area contributed by atoms with E-state index in [1.807, 2.05) is 48.5 Å². The molecule has 4 nitrogen and oxygen atoms in total. The average molecular weight is 399 g/mol. The lowest BCUT2D eigenvalue weighted by Gasteiger charge is -2.02. The summed E-state index contributed by atoms with van der Waals surface area (Å²) in [5, 5.41) is 12.5. The SMILES string of the molecule is Oc1ccc(C(Cc2ccccc2)=[NH+]OCc2ccccc2)nc1.[Br-]. The summed E-state index contributed by atoms with van der Waals surface area (Å²) in [6.07, 6.45) is 2.09. The van der Waals surface area contributed by atoms with E-state index >= 15 is 0 Å². The first-order chi connectivity index (χ1) is 11.8. The monoisotopic (exact) mass is 398 g/mol. The van der Waals surface area contributed by atoms with Crippen molar-refractivity contribution in [1.82, 2.24) is 4.98 Å². The molecule has 0 bridgehead atoms. The van der Waals surface area contributed by atoms with Crippen LogP contribution < -0.4 is 22.1 Å². The quantitative estimate of drug-likeness (QED) is 0.415. The van der Waals surface area contributed by atoms with Crippen LogP contribution in [0.3, 0.4) is 0 Å². The van der Waals surface area contributed by atoms with Crippen molar-refractivity contribution < 1.29 is 32.1 Å². The van der Waals surface area contributed by atoms with Gasteiger partial charge in [-0.1, -0.05) is 60.7 Å². The van der Waals surface area contributed by atoms with E-state index in [1.165, 1.54) is 6.20 Å². The van der Waals surface area contributed by atoms with Crippen LogP contribution >= 0.6 is 0 Å². The van der Waals surface area contributed by atoms with E-state index in [1.54, 1.807) is 12.1 Å². The number of aromatic nitrogens is 1. The minimum atomic E-state index is 0. The molecule has 0 radical (unpaired) electrons. The molecule has 0 saturated carbocycles. The predicted octanol–water partition coefficient (Wildman–Crippen LogP) is -0.965. The number of nitrogens with one attached hydrogen (secondary N) is 1. The van der Waals surface area contributed by atoms with Gasteiger partial charge in [0.15, 0.2) is 6.61 Å².